The molecule has 2 aromatic rings. The number of carbonyl (C=O) groups excluding carboxylic acids is 3. The standard InChI is InChI=1S/C20H20N2O5/c1-20(15-8-4-3-5-9-15)18(24)22(19(25)21-20)11-12-27-16-10-6-7-14(13-16)17(23)26-2/h3-10,13H,11-12H2,1-2H3,(H,21,25)/t20-/m0/s1. The van der Waals surface area contributed by atoms with E-state index in [1.54, 1.807) is 43.3 Å². The summed E-state index contributed by atoms with van der Waals surface area (Å²) in [6, 6.07) is 15.1. The quantitative estimate of drug-likeness (QED) is 0.625. The van der Waals surface area contributed by atoms with Crippen molar-refractivity contribution >= 4 is 17.9 Å². The van der Waals surface area contributed by atoms with Crippen LogP contribution < -0.4 is 10.1 Å². The fourth-order valence-electron chi connectivity index (χ4n) is 2.95. The molecule has 0 radical (unpaired) electrons. The van der Waals surface area contributed by atoms with Gasteiger partial charge in [0.2, 0.25) is 0 Å². The van der Waals surface area contributed by atoms with Gasteiger partial charge in [0.25, 0.3) is 5.91 Å². The summed E-state index contributed by atoms with van der Waals surface area (Å²) in [5, 5.41) is 2.75. The summed E-state index contributed by atoms with van der Waals surface area (Å²) >= 11 is 0. The molecule has 1 atom stereocenters. The van der Waals surface area contributed by atoms with E-state index in [0.717, 1.165) is 10.5 Å². The van der Waals surface area contributed by atoms with E-state index in [1.807, 2.05) is 18.2 Å². The molecule has 3 rings (SSSR count). The Morgan fingerprint density at radius 1 is 1.11 bits per heavy atom. The summed E-state index contributed by atoms with van der Waals surface area (Å²) in [5.41, 5.74) is -0.0115. The van der Waals surface area contributed by atoms with E-state index < -0.39 is 17.5 Å². The second-order valence-electron chi connectivity index (χ2n) is 6.25. The number of methoxy groups -OCH3 is 1. The van der Waals surface area contributed by atoms with Crippen LogP contribution in [0.2, 0.25) is 0 Å². The first kappa shape index (κ1) is 18.4. The van der Waals surface area contributed by atoms with Gasteiger partial charge >= 0.3 is 12.0 Å². The molecule has 7 nitrogen and oxygen atoms in total. The summed E-state index contributed by atoms with van der Waals surface area (Å²) in [6.45, 7) is 1.88. The third kappa shape index (κ3) is 3.62. The molecule has 1 aliphatic rings. The first-order valence-corrected chi connectivity index (χ1v) is 8.46. The normalized spacial score (nSPS) is 19.0. The third-order valence-corrected chi connectivity index (χ3v) is 4.46. The third-order valence-electron chi connectivity index (χ3n) is 4.46. The van der Waals surface area contributed by atoms with Gasteiger partial charge in [-0.25, -0.2) is 9.59 Å². The fourth-order valence-corrected chi connectivity index (χ4v) is 2.95. The molecular formula is C20H20N2O5. The molecule has 0 spiro atoms. The molecule has 2 aromatic carbocycles. The van der Waals surface area contributed by atoms with E-state index in [-0.39, 0.29) is 19.1 Å². The number of esters is 1. The molecule has 3 amide bonds. The zero-order valence-electron chi connectivity index (χ0n) is 15.1. The van der Waals surface area contributed by atoms with Crippen molar-refractivity contribution in [3.8, 4) is 5.75 Å². The van der Waals surface area contributed by atoms with Crippen molar-refractivity contribution in [2.45, 2.75) is 12.5 Å². The summed E-state index contributed by atoms with van der Waals surface area (Å²) < 4.78 is 10.3. The van der Waals surface area contributed by atoms with Gasteiger partial charge in [0, 0.05) is 0 Å². The first-order valence-electron chi connectivity index (χ1n) is 8.46. The van der Waals surface area contributed by atoms with Crippen LogP contribution in [0.1, 0.15) is 22.8 Å². The number of hydrogen-bond donors (Lipinski definition) is 1. The highest BCUT2D eigenvalue weighted by molar-refractivity contribution is 6.07. The molecule has 0 aliphatic carbocycles. The number of nitrogens with one attached hydrogen (secondary N) is 1. The van der Waals surface area contributed by atoms with Crippen LogP contribution in [0, 0.1) is 0 Å². The van der Waals surface area contributed by atoms with Gasteiger partial charge in [0.1, 0.15) is 17.9 Å². The Bertz CT molecular complexity index is 868. The molecule has 0 unspecified atom stereocenters. The van der Waals surface area contributed by atoms with E-state index >= 15 is 0 Å². The average molecular weight is 368 g/mol. The van der Waals surface area contributed by atoms with Gasteiger partial charge in [-0.3, -0.25) is 9.69 Å². The molecule has 0 aromatic heterocycles. The lowest BCUT2D eigenvalue weighted by Gasteiger charge is -2.22. The minimum absolute atomic E-state index is 0.0928. The van der Waals surface area contributed by atoms with E-state index in [4.69, 9.17) is 4.74 Å². The molecule has 1 N–H and O–H groups in total. The minimum atomic E-state index is -1.09. The van der Waals surface area contributed by atoms with Crippen LogP contribution in [0.4, 0.5) is 4.79 Å². The lowest BCUT2D eigenvalue weighted by Crippen LogP contribution is -2.41. The summed E-state index contributed by atoms with van der Waals surface area (Å²) in [7, 11) is 1.30. The Morgan fingerprint density at radius 2 is 1.85 bits per heavy atom. The van der Waals surface area contributed by atoms with Gasteiger partial charge in [-0.2, -0.15) is 0 Å². The van der Waals surface area contributed by atoms with E-state index in [2.05, 4.69) is 10.1 Å². The maximum Gasteiger partial charge on any atom is 0.337 e. The monoisotopic (exact) mass is 368 g/mol. The van der Waals surface area contributed by atoms with Crippen LogP contribution in [0.25, 0.3) is 0 Å². The SMILES string of the molecule is COC(=O)c1cccc(OCCN2C(=O)N[C@@](C)(c3ccccc3)C2=O)c1. The molecule has 1 aliphatic heterocycles. The Kier molecular flexibility index (Phi) is 5.12. The second-order valence-corrected chi connectivity index (χ2v) is 6.25. The van der Waals surface area contributed by atoms with Crippen LogP contribution in [0.3, 0.4) is 0 Å². The van der Waals surface area contributed by atoms with Crippen LogP contribution in [0.5, 0.6) is 5.75 Å². The van der Waals surface area contributed by atoms with Gasteiger partial charge in [-0.05, 0) is 30.7 Å². The number of ether oxygens (including phenoxy) is 2. The Morgan fingerprint density at radius 3 is 2.56 bits per heavy atom. The lowest BCUT2D eigenvalue weighted by molar-refractivity contribution is -0.131. The molecule has 7 heteroatoms. The van der Waals surface area contributed by atoms with E-state index in [0.29, 0.717) is 11.3 Å². The zero-order chi connectivity index (χ0) is 19.4. The number of amides is 3. The van der Waals surface area contributed by atoms with Crippen molar-refractivity contribution in [2.24, 2.45) is 0 Å². The smallest absolute Gasteiger partial charge is 0.337 e. The number of imide groups is 1. The van der Waals surface area contributed by atoms with Crippen molar-refractivity contribution in [1.29, 1.82) is 0 Å². The Balaban J connectivity index is 1.64. The summed E-state index contributed by atoms with van der Waals surface area (Å²) in [5.74, 6) is -0.338. The van der Waals surface area contributed by atoms with Gasteiger partial charge in [-0.15, -0.1) is 0 Å². The topological polar surface area (TPSA) is 84.9 Å². The van der Waals surface area contributed by atoms with E-state index in [1.165, 1.54) is 7.11 Å². The number of hydrogen-bond acceptors (Lipinski definition) is 5. The highest BCUT2D eigenvalue weighted by Gasteiger charge is 2.48. The predicted molar refractivity (Wildman–Crippen MR) is 97.3 cm³/mol. The largest absolute Gasteiger partial charge is 0.492 e. The number of benzene rings is 2. The van der Waals surface area contributed by atoms with Crippen LogP contribution in [-0.2, 0) is 15.1 Å². The maximum atomic E-state index is 12.8. The molecule has 0 bridgehead atoms. The predicted octanol–water partition coefficient (Wildman–Crippen LogP) is 2.32. The van der Waals surface area contributed by atoms with Gasteiger partial charge in [-0.1, -0.05) is 36.4 Å². The summed E-state index contributed by atoms with van der Waals surface area (Å²) in [6.07, 6.45) is 0. The molecule has 140 valence electrons. The molecule has 0 saturated carbocycles. The number of carbonyl (C=O) groups is 3. The maximum absolute atomic E-state index is 12.8. The summed E-state index contributed by atoms with van der Waals surface area (Å²) in [4.78, 5) is 37.8. The van der Waals surface area contributed by atoms with E-state index in [9.17, 15) is 14.4 Å². The van der Waals surface area contributed by atoms with Gasteiger partial charge in [0.15, 0.2) is 0 Å². The van der Waals surface area contributed by atoms with Crippen LogP contribution in [0.15, 0.2) is 54.6 Å². The van der Waals surface area contributed by atoms with Gasteiger partial charge < -0.3 is 14.8 Å². The molecule has 1 heterocycles. The minimum Gasteiger partial charge on any atom is -0.492 e. The average Bonchev–Trinajstić information content (AvgIpc) is 2.92. The van der Waals surface area contributed by atoms with Crippen LogP contribution in [-0.4, -0.2) is 43.1 Å². The number of nitrogens with zero attached hydrogens (tertiary/aromatic N) is 1. The fraction of sp³-hybridized carbons (Fsp3) is 0.250. The second kappa shape index (κ2) is 7.49. The molecule has 1 saturated heterocycles. The Labute approximate surface area is 156 Å². The molecular weight excluding hydrogens is 348 g/mol. The zero-order valence-corrected chi connectivity index (χ0v) is 15.1. The van der Waals surface area contributed by atoms with Gasteiger partial charge in [0.05, 0.1) is 19.2 Å². The van der Waals surface area contributed by atoms with Crippen molar-refractivity contribution in [3.05, 3.63) is 65.7 Å². The van der Waals surface area contributed by atoms with Crippen molar-refractivity contribution < 1.29 is 23.9 Å². The molecule has 27 heavy (non-hydrogen) atoms. The highest BCUT2D eigenvalue weighted by Crippen LogP contribution is 2.28. The molecule has 1 fully saturated rings. The number of rotatable bonds is 6. The van der Waals surface area contributed by atoms with Crippen molar-refractivity contribution in [1.82, 2.24) is 10.2 Å². The first-order chi connectivity index (χ1) is 13.0. The highest BCUT2D eigenvalue weighted by atomic mass is 16.5. The van der Waals surface area contributed by atoms with Crippen molar-refractivity contribution in [2.75, 3.05) is 20.3 Å². The Hall–Kier alpha value is -3.35. The number of urea groups is 1. The van der Waals surface area contributed by atoms with Crippen molar-refractivity contribution in [3.63, 3.8) is 0 Å². The lowest BCUT2D eigenvalue weighted by atomic mass is 9.92. The van der Waals surface area contributed by atoms with Crippen LogP contribution >= 0.6 is 0 Å².